The Morgan fingerprint density at radius 3 is 2.25 bits per heavy atom. The van der Waals surface area contributed by atoms with E-state index in [1.807, 2.05) is 18.2 Å². The van der Waals surface area contributed by atoms with Crippen LogP contribution in [0, 0.1) is 5.82 Å². The van der Waals surface area contributed by atoms with E-state index in [9.17, 15) is 17.6 Å². The first-order chi connectivity index (χ1) is 17.3. The minimum Gasteiger partial charge on any atom is -0.484 e. The molecule has 1 amide bonds. The average Bonchev–Trinajstić information content (AvgIpc) is 2.87. The molecule has 0 aliphatic carbocycles. The lowest BCUT2D eigenvalue weighted by Crippen LogP contribution is -2.20. The normalized spacial score (nSPS) is 10.9. The van der Waals surface area contributed by atoms with E-state index in [2.05, 4.69) is 10.0 Å². The molecule has 2 N–H and O–H groups in total. The third-order valence-corrected chi connectivity index (χ3v) is 6.42. The van der Waals surface area contributed by atoms with Gasteiger partial charge in [0, 0.05) is 10.7 Å². The van der Waals surface area contributed by atoms with Gasteiger partial charge in [-0.15, -0.1) is 0 Å². The molecule has 7 nitrogen and oxygen atoms in total. The van der Waals surface area contributed by atoms with Crippen LogP contribution >= 0.6 is 11.6 Å². The fourth-order valence-electron chi connectivity index (χ4n) is 3.09. The third kappa shape index (κ3) is 6.74. The number of sulfonamides is 1. The maximum atomic E-state index is 13.0. The van der Waals surface area contributed by atoms with Crippen LogP contribution in [-0.2, 0) is 14.8 Å². The summed E-state index contributed by atoms with van der Waals surface area (Å²) < 4.78 is 51.8. The molecule has 10 heteroatoms. The number of anilines is 2. The molecule has 4 aromatic carbocycles. The molecule has 0 saturated carbocycles. The van der Waals surface area contributed by atoms with E-state index >= 15 is 0 Å². The van der Waals surface area contributed by atoms with Crippen molar-refractivity contribution in [1.29, 1.82) is 0 Å². The van der Waals surface area contributed by atoms with Crippen LogP contribution in [0.15, 0.2) is 102 Å². The van der Waals surface area contributed by atoms with Gasteiger partial charge in [-0.1, -0.05) is 29.8 Å². The van der Waals surface area contributed by atoms with Crippen molar-refractivity contribution < 1.29 is 27.1 Å². The molecule has 184 valence electrons. The summed E-state index contributed by atoms with van der Waals surface area (Å²) in [4.78, 5) is 12.5. The van der Waals surface area contributed by atoms with Crippen LogP contribution < -0.4 is 19.5 Å². The van der Waals surface area contributed by atoms with Gasteiger partial charge in [-0.05, 0) is 78.9 Å². The Hall–Kier alpha value is -4.08. The SMILES string of the molecule is O=C(COc1ccc(S(=O)(=O)Nc2ccc(F)cc2)cc1)Nc1cc(Cl)ccc1Oc1ccccc1. The van der Waals surface area contributed by atoms with Crippen molar-refractivity contribution in [3.63, 3.8) is 0 Å². The quantitative estimate of drug-likeness (QED) is 0.275. The third-order valence-electron chi connectivity index (χ3n) is 4.79. The van der Waals surface area contributed by atoms with Crippen molar-refractivity contribution >= 4 is 38.9 Å². The summed E-state index contributed by atoms with van der Waals surface area (Å²) in [5.74, 6) is 0.346. The maximum Gasteiger partial charge on any atom is 0.262 e. The van der Waals surface area contributed by atoms with E-state index in [-0.39, 0.29) is 22.9 Å². The van der Waals surface area contributed by atoms with Crippen molar-refractivity contribution in [3.8, 4) is 17.2 Å². The van der Waals surface area contributed by atoms with Gasteiger partial charge >= 0.3 is 0 Å². The number of ether oxygens (including phenoxy) is 2. The lowest BCUT2D eigenvalue weighted by atomic mass is 10.2. The first-order valence-corrected chi connectivity index (χ1v) is 12.5. The zero-order chi connectivity index (χ0) is 25.5. The predicted molar refractivity (Wildman–Crippen MR) is 136 cm³/mol. The van der Waals surface area contributed by atoms with Crippen molar-refractivity contribution in [2.45, 2.75) is 4.90 Å². The number of nitrogens with one attached hydrogen (secondary N) is 2. The molecule has 0 saturated heterocycles. The molecule has 36 heavy (non-hydrogen) atoms. The Morgan fingerprint density at radius 2 is 1.56 bits per heavy atom. The second-order valence-electron chi connectivity index (χ2n) is 7.48. The van der Waals surface area contributed by atoms with Gasteiger partial charge in [0.05, 0.1) is 10.6 Å². The zero-order valence-electron chi connectivity index (χ0n) is 18.7. The molecular weight excluding hydrogens is 507 g/mol. The molecule has 0 bridgehead atoms. The summed E-state index contributed by atoms with van der Waals surface area (Å²) in [5, 5.41) is 3.12. The molecule has 0 spiro atoms. The minimum atomic E-state index is -3.88. The van der Waals surface area contributed by atoms with E-state index in [4.69, 9.17) is 21.1 Å². The number of rotatable bonds is 9. The summed E-state index contributed by atoms with van der Waals surface area (Å²) in [6.07, 6.45) is 0. The first-order valence-electron chi connectivity index (χ1n) is 10.6. The van der Waals surface area contributed by atoms with E-state index in [0.29, 0.717) is 22.2 Å². The molecule has 0 aliphatic rings. The monoisotopic (exact) mass is 526 g/mol. The van der Waals surface area contributed by atoms with Gasteiger partial charge in [0.25, 0.3) is 15.9 Å². The molecule has 0 aliphatic heterocycles. The van der Waals surface area contributed by atoms with Gasteiger partial charge in [-0.3, -0.25) is 9.52 Å². The second-order valence-corrected chi connectivity index (χ2v) is 9.60. The van der Waals surface area contributed by atoms with Gasteiger partial charge in [0.15, 0.2) is 12.4 Å². The van der Waals surface area contributed by atoms with Crippen molar-refractivity contribution in [2.75, 3.05) is 16.6 Å². The van der Waals surface area contributed by atoms with Crippen molar-refractivity contribution in [3.05, 3.63) is 108 Å². The van der Waals surface area contributed by atoms with Crippen LogP contribution in [0.25, 0.3) is 0 Å². The van der Waals surface area contributed by atoms with E-state index < -0.39 is 21.7 Å². The largest absolute Gasteiger partial charge is 0.484 e. The first kappa shape index (κ1) is 25.0. The number of para-hydroxylation sites is 1. The smallest absolute Gasteiger partial charge is 0.262 e. The topological polar surface area (TPSA) is 93.7 Å². The molecule has 4 aromatic rings. The fourth-order valence-corrected chi connectivity index (χ4v) is 4.32. The summed E-state index contributed by atoms with van der Waals surface area (Å²) in [6.45, 7) is -0.336. The van der Waals surface area contributed by atoms with Crippen LogP contribution in [0.2, 0.25) is 5.02 Å². The van der Waals surface area contributed by atoms with Crippen molar-refractivity contribution in [1.82, 2.24) is 0 Å². The molecule has 0 aromatic heterocycles. The predicted octanol–water partition coefficient (Wildman–Crippen LogP) is 6.09. The van der Waals surface area contributed by atoms with Crippen LogP contribution in [0.5, 0.6) is 17.2 Å². The van der Waals surface area contributed by atoms with Crippen LogP contribution in [-0.4, -0.2) is 20.9 Å². The number of carbonyl (C=O) groups is 1. The molecule has 0 unspecified atom stereocenters. The standard InChI is InChI=1S/C26H20ClFN2O5S/c27-18-6-15-25(35-22-4-2-1-3-5-22)24(16-18)29-26(31)17-34-21-11-13-23(14-12-21)36(32,33)30-20-9-7-19(28)8-10-20/h1-16,30H,17H2,(H,29,31). The minimum absolute atomic E-state index is 0.0229. The lowest BCUT2D eigenvalue weighted by Gasteiger charge is -2.13. The zero-order valence-corrected chi connectivity index (χ0v) is 20.2. The van der Waals surface area contributed by atoms with Crippen LogP contribution in [0.1, 0.15) is 0 Å². The molecule has 0 heterocycles. The Balaban J connectivity index is 1.36. The summed E-state index contributed by atoms with van der Waals surface area (Å²) in [5.41, 5.74) is 0.596. The Kier molecular flexibility index (Phi) is 7.72. The molecule has 4 rings (SSSR count). The second kappa shape index (κ2) is 11.1. The molecule has 0 fully saturated rings. The fraction of sp³-hybridized carbons (Fsp3) is 0.0385. The van der Waals surface area contributed by atoms with Gasteiger partial charge in [-0.25, -0.2) is 12.8 Å². The van der Waals surface area contributed by atoms with E-state index in [1.165, 1.54) is 36.4 Å². The highest BCUT2D eigenvalue weighted by Gasteiger charge is 2.15. The maximum absolute atomic E-state index is 13.0. The molecular formula is C26H20ClFN2O5S. The molecule has 0 radical (unpaired) electrons. The highest BCUT2D eigenvalue weighted by Crippen LogP contribution is 2.32. The number of hydrogen-bond acceptors (Lipinski definition) is 5. The van der Waals surface area contributed by atoms with E-state index in [0.717, 1.165) is 12.1 Å². The Morgan fingerprint density at radius 1 is 0.861 bits per heavy atom. The summed E-state index contributed by atoms with van der Waals surface area (Å²) in [6, 6.07) is 24.4. The Labute approximate surface area is 212 Å². The van der Waals surface area contributed by atoms with Crippen molar-refractivity contribution in [2.24, 2.45) is 0 Å². The lowest BCUT2D eigenvalue weighted by molar-refractivity contribution is -0.118. The summed E-state index contributed by atoms with van der Waals surface area (Å²) >= 11 is 6.08. The van der Waals surface area contributed by atoms with E-state index in [1.54, 1.807) is 30.3 Å². The molecule has 0 atom stereocenters. The Bertz CT molecular complexity index is 1450. The van der Waals surface area contributed by atoms with Gasteiger partial charge in [0.2, 0.25) is 0 Å². The summed E-state index contributed by atoms with van der Waals surface area (Å²) in [7, 11) is -3.88. The highest BCUT2D eigenvalue weighted by atomic mass is 35.5. The van der Waals surface area contributed by atoms with Gasteiger partial charge < -0.3 is 14.8 Å². The van der Waals surface area contributed by atoms with Gasteiger partial charge in [0.1, 0.15) is 17.3 Å². The number of amides is 1. The van der Waals surface area contributed by atoms with Crippen LogP contribution in [0.3, 0.4) is 0 Å². The number of halogens is 2. The van der Waals surface area contributed by atoms with Crippen LogP contribution in [0.4, 0.5) is 15.8 Å². The number of benzene rings is 4. The average molecular weight is 527 g/mol. The van der Waals surface area contributed by atoms with Gasteiger partial charge in [-0.2, -0.15) is 0 Å². The number of carbonyl (C=O) groups excluding carboxylic acids is 1. The number of hydrogen-bond donors (Lipinski definition) is 2. The highest BCUT2D eigenvalue weighted by molar-refractivity contribution is 7.92.